The van der Waals surface area contributed by atoms with Gasteiger partial charge in [-0.15, -0.1) is 0 Å². The Labute approximate surface area is 329 Å². The number of furan rings is 1. The fourth-order valence-electron chi connectivity index (χ4n) is 8.10. The van der Waals surface area contributed by atoms with Crippen LogP contribution in [0.15, 0.2) is 205 Å². The second-order valence-electron chi connectivity index (χ2n) is 14.4. The topological polar surface area (TPSA) is 51.8 Å². The molecule has 0 aliphatic rings. The Hall–Kier alpha value is -7.69. The number of hydrogen-bond acceptors (Lipinski definition) is 4. The Kier molecular flexibility index (Phi) is 7.78. The van der Waals surface area contributed by atoms with Gasteiger partial charge in [-0.1, -0.05) is 176 Å². The average molecular weight is 728 g/mol. The molecule has 0 unspecified atom stereocenters. The number of fused-ring (bicyclic) bond motifs is 5. The summed E-state index contributed by atoms with van der Waals surface area (Å²) in [7, 11) is 0. The molecule has 9 aromatic carbocycles. The summed E-state index contributed by atoms with van der Waals surface area (Å²) in [6.07, 6.45) is 0. The van der Waals surface area contributed by atoms with Crippen molar-refractivity contribution >= 4 is 43.5 Å². The predicted octanol–water partition coefficient (Wildman–Crippen LogP) is 14.1. The normalized spacial score (nSPS) is 11.5. The summed E-state index contributed by atoms with van der Waals surface area (Å²) in [5.74, 6) is 1.75. The molecule has 2 heterocycles. The fraction of sp³-hybridized carbons (Fsp3) is 0. The lowest BCUT2D eigenvalue weighted by atomic mass is 9.93. The quantitative estimate of drug-likeness (QED) is 0.171. The number of benzene rings is 9. The van der Waals surface area contributed by atoms with Crippen molar-refractivity contribution in [2.24, 2.45) is 0 Å². The maximum absolute atomic E-state index is 6.92. The first-order chi connectivity index (χ1) is 28.2. The predicted molar refractivity (Wildman–Crippen MR) is 235 cm³/mol. The van der Waals surface area contributed by atoms with Crippen molar-refractivity contribution in [3.8, 4) is 67.5 Å². The van der Waals surface area contributed by atoms with E-state index in [9.17, 15) is 0 Å². The molecule has 4 heteroatoms. The summed E-state index contributed by atoms with van der Waals surface area (Å²) >= 11 is 0. The standard InChI is InChI=1S/C53H33N3O/c1-3-13-34(14-4-1)39-21-11-22-42(31-39)52-54-51(38-16-5-2-6-17-38)55-53(56-52)46-30-29-45(49-47-32-40-18-7-8-19-41(40)33-48(47)57-50(46)49)37-27-25-36(26-28-37)44-24-12-20-35-15-9-10-23-43(35)44/h1-33H. The summed E-state index contributed by atoms with van der Waals surface area (Å²) < 4.78 is 6.92. The van der Waals surface area contributed by atoms with Crippen LogP contribution in [0.1, 0.15) is 0 Å². The Morgan fingerprint density at radius 1 is 0.298 bits per heavy atom. The van der Waals surface area contributed by atoms with Crippen LogP contribution in [0.5, 0.6) is 0 Å². The summed E-state index contributed by atoms with van der Waals surface area (Å²) in [4.78, 5) is 15.4. The highest BCUT2D eigenvalue weighted by Gasteiger charge is 2.21. The van der Waals surface area contributed by atoms with Crippen LogP contribution in [0.4, 0.5) is 0 Å². The molecule has 2 aromatic heterocycles. The molecule has 0 bridgehead atoms. The van der Waals surface area contributed by atoms with Crippen LogP contribution in [0.2, 0.25) is 0 Å². The van der Waals surface area contributed by atoms with E-state index in [4.69, 9.17) is 19.4 Å². The Bertz CT molecular complexity index is 3270. The van der Waals surface area contributed by atoms with Gasteiger partial charge in [-0.3, -0.25) is 0 Å². The van der Waals surface area contributed by atoms with E-state index < -0.39 is 0 Å². The molecule has 57 heavy (non-hydrogen) atoms. The van der Waals surface area contributed by atoms with Crippen molar-refractivity contribution in [1.29, 1.82) is 0 Å². The lowest BCUT2D eigenvalue weighted by Crippen LogP contribution is -2.00. The smallest absolute Gasteiger partial charge is 0.167 e. The van der Waals surface area contributed by atoms with Gasteiger partial charge in [0.05, 0.1) is 5.56 Å². The number of nitrogens with zero attached hydrogens (tertiary/aromatic N) is 3. The van der Waals surface area contributed by atoms with E-state index in [1.165, 1.54) is 21.9 Å². The highest BCUT2D eigenvalue weighted by Crippen LogP contribution is 2.43. The molecule has 0 radical (unpaired) electrons. The summed E-state index contributed by atoms with van der Waals surface area (Å²) in [5, 5.41) is 6.83. The minimum atomic E-state index is 0.551. The van der Waals surface area contributed by atoms with Gasteiger partial charge in [-0.2, -0.15) is 0 Å². The van der Waals surface area contributed by atoms with E-state index in [2.05, 4.69) is 164 Å². The summed E-state index contributed by atoms with van der Waals surface area (Å²) in [5.41, 5.74) is 11.0. The van der Waals surface area contributed by atoms with E-state index in [-0.39, 0.29) is 0 Å². The van der Waals surface area contributed by atoms with Gasteiger partial charge in [0.2, 0.25) is 0 Å². The minimum Gasteiger partial charge on any atom is -0.455 e. The minimum absolute atomic E-state index is 0.551. The van der Waals surface area contributed by atoms with Crippen molar-refractivity contribution in [2.45, 2.75) is 0 Å². The fourth-order valence-corrected chi connectivity index (χ4v) is 8.10. The molecule has 0 atom stereocenters. The van der Waals surface area contributed by atoms with Crippen molar-refractivity contribution in [3.63, 3.8) is 0 Å². The molecular formula is C53H33N3O. The number of rotatable bonds is 6. The van der Waals surface area contributed by atoms with Gasteiger partial charge >= 0.3 is 0 Å². The Morgan fingerprint density at radius 2 is 0.842 bits per heavy atom. The van der Waals surface area contributed by atoms with Gasteiger partial charge in [-0.05, 0) is 79.2 Å². The summed E-state index contributed by atoms with van der Waals surface area (Å²) in [6, 6.07) is 69.9. The van der Waals surface area contributed by atoms with Crippen LogP contribution in [-0.4, -0.2) is 15.0 Å². The molecule has 11 aromatic rings. The van der Waals surface area contributed by atoms with E-state index in [0.29, 0.717) is 17.5 Å². The van der Waals surface area contributed by atoms with Gasteiger partial charge in [-0.25, -0.2) is 15.0 Å². The molecule has 266 valence electrons. The van der Waals surface area contributed by atoms with Gasteiger partial charge in [0, 0.05) is 21.9 Å². The van der Waals surface area contributed by atoms with Crippen LogP contribution in [0.25, 0.3) is 111 Å². The third kappa shape index (κ3) is 5.83. The Balaban J connectivity index is 1.12. The van der Waals surface area contributed by atoms with E-state index >= 15 is 0 Å². The zero-order valence-corrected chi connectivity index (χ0v) is 30.8. The van der Waals surface area contributed by atoms with Crippen molar-refractivity contribution in [3.05, 3.63) is 200 Å². The van der Waals surface area contributed by atoms with Crippen LogP contribution < -0.4 is 0 Å². The molecule has 4 nitrogen and oxygen atoms in total. The van der Waals surface area contributed by atoms with Gasteiger partial charge in [0.1, 0.15) is 11.2 Å². The zero-order chi connectivity index (χ0) is 37.7. The molecule has 0 amide bonds. The highest BCUT2D eigenvalue weighted by molar-refractivity contribution is 6.18. The molecular weight excluding hydrogens is 695 g/mol. The first-order valence-electron chi connectivity index (χ1n) is 19.2. The third-order valence-corrected chi connectivity index (χ3v) is 10.9. The van der Waals surface area contributed by atoms with E-state index in [1.54, 1.807) is 0 Å². The molecule has 0 spiro atoms. The van der Waals surface area contributed by atoms with Crippen LogP contribution in [0.3, 0.4) is 0 Å². The molecule has 0 saturated carbocycles. The zero-order valence-electron chi connectivity index (χ0n) is 30.8. The first-order valence-corrected chi connectivity index (χ1v) is 19.2. The molecule has 0 aliphatic heterocycles. The monoisotopic (exact) mass is 727 g/mol. The van der Waals surface area contributed by atoms with Gasteiger partial charge in [0.15, 0.2) is 17.5 Å². The van der Waals surface area contributed by atoms with Crippen LogP contribution in [-0.2, 0) is 0 Å². The maximum Gasteiger partial charge on any atom is 0.167 e. The van der Waals surface area contributed by atoms with Crippen molar-refractivity contribution in [2.75, 3.05) is 0 Å². The van der Waals surface area contributed by atoms with Crippen molar-refractivity contribution in [1.82, 2.24) is 15.0 Å². The molecule has 0 aliphatic carbocycles. The number of aromatic nitrogens is 3. The lowest BCUT2D eigenvalue weighted by Gasteiger charge is -2.12. The van der Waals surface area contributed by atoms with Gasteiger partial charge in [0.25, 0.3) is 0 Å². The summed E-state index contributed by atoms with van der Waals surface area (Å²) in [6.45, 7) is 0. The van der Waals surface area contributed by atoms with Gasteiger partial charge < -0.3 is 4.42 Å². The van der Waals surface area contributed by atoms with E-state index in [0.717, 1.165) is 71.7 Å². The average Bonchev–Trinajstić information content (AvgIpc) is 3.66. The SMILES string of the molecule is c1ccc(-c2cccc(-c3nc(-c4ccccc4)nc(-c4ccc(-c5ccc(-c6cccc7ccccc67)cc5)c5c4oc4cc6ccccc6cc45)n3)c2)cc1. The molecule has 0 saturated heterocycles. The van der Waals surface area contributed by atoms with Crippen molar-refractivity contribution < 1.29 is 4.42 Å². The molecule has 0 N–H and O–H groups in total. The second kappa shape index (κ2) is 13.6. The molecule has 11 rings (SSSR count). The number of hydrogen-bond donors (Lipinski definition) is 0. The largest absolute Gasteiger partial charge is 0.455 e. The highest BCUT2D eigenvalue weighted by atomic mass is 16.3. The second-order valence-corrected chi connectivity index (χ2v) is 14.4. The third-order valence-electron chi connectivity index (χ3n) is 10.9. The maximum atomic E-state index is 6.92. The van der Waals surface area contributed by atoms with E-state index in [1.807, 2.05) is 36.4 Å². The van der Waals surface area contributed by atoms with Crippen LogP contribution in [0, 0.1) is 0 Å². The molecule has 0 fully saturated rings. The van der Waals surface area contributed by atoms with Crippen LogP contribution >= 0.6 is 0 Å². The Morgan fingerprint density at radius 3 is 1.61 bits per heavy atom. The first kappa shape index (κ1) is 32.7. The lowest BCUT2D eigenvalue weighted by molar-refractivity contribution is 0.670.